The Morgan fingerprint density at radius 1 is 1.04 bits per heavy atom. The predicted octanol–water partition coefficient (Wildman–Crippen LogP) is 7.94. The molecule has 0 N–H and O–H groups in total. The fourth-order valence-corrected chi connectivity index (χ4v) is 11.3. The van der Waals surface area contributed by atoms with E-state index in [-0.39, 0.29) is 0 Å². The van der Waals surface area contributed by atoms with E-state index in [9.17, 15) is 4.79 Å². The van der Waals surface area contributed by atoms with Crippen molar-refractivity contribution in [3.8, 4) is 0 Å². The van der Waals surface area contributed by atoms with Crippen molar-refractivity contribution in [2.75, 3.05) is 6.61 Å². The number of unbranched alkanes of at least 4 members (excludes halogenated alkanes) is 1. The zero-order valence-corrected chi connectivity index (χ0v) is 21.3. The Hall–Kier alpha value is -0.413. The number of hydrogen-bond donors (Lipinski definition) is 0. The van der Waals surface area contributed by atoms with Gasteiger partial charge in [-0.25, -0.2) is 0 Å². The molecule has 0 aromatic heterocycles. The molecule has 0 amide bonds. The zero-order chi connectivity index (χ0) is 21.5. The van der Waals surface area contributed by atoms with Crippen LogP contribution in [0.2, 0.25) is 16.6 Å². The van der Waals surface area contributed by atoms with Crippen molar-refractivity contribution in [3.05, 3.63) is 11.6 Å². The minimum Gasteiger partial charge on any atom is -0.416 e. The Kier molecular flexibility index (Phi) is 10.7. The summed E-state index contributed by atoms with van der Waals surface area (Å²) in [4.78, 5) is 11.9. The van der Waals surface area contributed by atoms with Crippen LogP contribution in [0.4, 0.5) is 0 Å². The normalized spacial score (nSPS) is 22.2. The van der Waals surface area contributed by atoms with Crippen molar-refractivity contribution in [2.45, 2.75) is 117 Å². The number of rotatable bonds is 11. The van der Waals surface area contributed by atoms with Crippen molar-refractivity contribution in [1.82, 2.24) is 0 Å². The van der Waals surface area contributed by atoms with Crippen LogP contribution in [0, 0.1) is 17.8 Å². The minimum absolute atomic E-state index is 0.455. The van der Waals surface area contributed by atoms with Gasteiger partial charge in [-0.15, -0.1) is 0 Å². The molecule has 164 valence electrons. The van der Waals surface area contributed by atoms with Crippen molar-refractivity contribution < 1.29 is 9.22 Å². The number of allylic oxidation sites excluding steroid dienone is 2. The molecule has 0 aromatic carbocycles. The van der Waals surface area contributed by atoms with Gasteiger partial charge in [0.15, 0.2) is 8.32 Å². The molecular formula is C25H48O2Si. The molecule has 3 heteroatoms. The summed E-state index contributed by atoms with van der Waals surface area (Å²) in [5, 5.41) is 0. The third-order valence-electron chi connectivity index (χ3n) is 7.15. The number of Topliss-reactive ketones (excluding diaryl/α,β-unsaturated/α-hetero) is 1. The topological polar surface area (TPSA) is 26.3 Å². The average Bonchev–Trinajstić information content (AvgIpc) is 2.56. The highest BCUT2D eigenvalue weighted by Crippen LogP contribution is 2.42. The van der Waals surface area contributed by atoms with Crippen molar-refractivity contribution in [2.24, 2.45) is 17.8 Å². The predicted molar refractivity (Wildman–Crippen MR) is 125 cm³/mol. The highest BCUT2D eigenvalue weighted by Gasteiger charge is 2.44. The fourth-order valence-electron chi connectivity index (χ4n) is 5.77. The Balaban J connectivity index is 2.54. The summed E-state index contributed by atoms with van der Waals surface area (Å²) in [6.07, 6.45) is 8.52. The third kappa shape index (κ3) is 6.83. The van der Waals surface area contributed by atoms with Gasteiger partial charge in [0, 0.05) is 19.4 Å². The smallest absolute Gasteiger partial charge is 0.200 e. The standard InChI is InChI=1S/C25H48O2Si/c1-18(2)25-14-13-24(26)17-23(25)16-22(9)12-10-11-15-27-28(19(3)4,20(5)6)21(7)8/h16,18-21,23,25H,10-15,17H2,1-9H3/b22-16+. The van der Waals surface area contributed by atoms with Gasteiger partial charge >= 0.3 is 0 Å². The highest BCUT2D eigenvalue weighted by atomic mass is 28.4. The summed E-state index contributed by atoms with van der Waals surface area (Å²) in [6.45, 7) is 21.9. The van der Waals surface area contributed by atoms with Gasteiger partial charge in [-0.1, -0.05) is 67.0 Å². The average molecular weight is 409 g/mol. The van der Waals surface area contributed by atoms with E-state index in [1.807, 2.05) is 0 Å². The van der Waals surface area contributed by atoms with E-state index in [2.05, 4.69) is 68.4 Å². The Morgan fingerprint density at radius 3 is 2.11 bits per heavy atom. The minimum atomic E-state index is -1.72. The van der Waals surface area contributed by atoms with Crippen LogP contribution in [0.5, 0.6) is 0 Å². The molecule has 0 aliphatic heterocycles. The molecule has 2 nitrogen and oxygen atoms in total. The first-order chi connectivity index (χ1) is 13.0. The molecule has 2 unspecified atom stereocenters. The molecular weight excluding hydrogens is 360 g/mol. The van der Waals surface area contributed by atoms with E-state index in [0.29, 0.717) is 40.2 Å². The lowest BCUT2D eigenvalue weighted by atomic mass is 9.72. The van der Waals surface area contributed by atoms with Crippen molar-refractivity contribution >= 4 is 14.1 Å². The lowest BCUT2D eigenvalue weighted by Gasteiger charge is -2.42. The monoisotopic (exact) mass is 408 g/mol. The SMILES string of the molecule is C/C(=C\C1CC(=O)CCC1C(C)C)CCCCO[Si](C(C)C)(C(C)C)C(C)C. The molecule has 1 aliphatic carbocycles. The van der Waals surface area contributed by atoms with Gasteiger partial charge in [-0.05, 0) is 67.0 Å². The summed E-state index contributed by atoms with van der Waals surface area (Å²) in [5.74, 6) is 2.25. The van der Waals surface area contributed by atoms with Gasteiger partial charge in [-0.3, -0.25) is 4.79 Å². The van der Waals surface area contributed by atoms with Gasteiger partial charge in [0.1, 0.15) is 5.78 Å². The Bertz CT molecular complexity index is 483. The third-order valence-corrected chi connectivity index (χ3v) is 13.3. The van der Waals surface area contributed by atoms with E-state index in [4.69, 9.17) is 4.43 Å². The molecule has 2 atom stereocenters. The summed E-state index contributed by atoms with van der Waals surface area (Å²) < 4.78 is 6.68. The number of ketones is 1. The molecule has 1 aliphatic rings. The van der Waals surface area contributed by atoms with Crippen LogP contribution >= 0.6 is 0 Å². The quantitative estimate of drug-likeness (QED) is 0.197. The van der Waals surface area contributed by atoms with Gasteiger partial charge in [0.05, 0.1) is 0 Å². The molecule has 0 aromatic rings. The van der Waals surface area contributed by atoms with Gasteiger partial charge in [-0.2, -0.15) is 0 Å². The Morgan fingerprint density at radius 2 is 1.61 bits per heavy atom. The van der Waals surface area contributed by atoms with Gasteiger partial charge in [0.25, 0.3) is 0 Å². The number of carbonyl (C=O) groups is 1. The van der Waals surface area contributed by atoms with Crippen LogP contribution in [0.3, 0.4) is 0 Å². The first kappa shape index (κ1) is 25.6. The maximum atomic E-state index is 11.9. The lowest BCUT2D eigenvalue weighted by Crippen LogP contribution is -2.47. The summed E-state index contributed by atoms with van der Waals surface area (Å²) >= 11 is 0. The zero-order valence-electron chi connectivity index (χ0n) is 20.3. The van der Waals surface area contributed by atoms with Crippen LogP contribution < -0.4 is 0 Å². The molecule has 0 spiro atoms. The summed E-state index contributed by atoms with van der Waals surface area (Å²) in [7, 11) is -1.72. The molecule has 1 fully saturated rings. The second-order valence-corrected chi connectivity index (χ2v) is 15.9. The van der Waals surface area contributed by atoms with E-state index >= 15 is 0 Å². The molecule has 1 rings (SSSR count). The van der Waals surface area contributed by atoms with E-state index in [1.54, 1.807) is 0 Å². The second-order valence-electron chi connectivity index (χ2n) is 10.5. The molecule has 0 radical (unpaired) electrons. The molecule has 0 saturated heterocycles. The van der Waals surface area contributed by atoms with E-state index in [0.717, 1.165) is 38.7 Å². The lowest BCUT2D eigenvalue weighted by molar-refractivity contribution is -0.122. The second kappa shape index (κ2) is 11.7. The molecule has 0 bridgehead atoms. The van der Waals surface area contributed by atoms with Gasteiger partial charge in [0.2, 0.25) is 0 Å². The van der Waals surface area contributed by atoms with Crippen LogP contribution in [-0.4, -0.2) is 20.7 Å². The van der Waals surface area contributed by atoms with E-state index < -0.39 is 8.32 Å². The molecule has 28 heavy (non-hydrogen) atoms. The summed E-state index contributed by atoms with van der Waals surface area (Å²) in [6, 6.07) is 0. The van der Waals surface area contributed by atoms with Crippen LogP contribution in [-0.2, 0) is 9.22 Å². The molecule has 1 saturated carbocycles. The summed E-state index contributed by atoms with van der Waals surface area (Å²) in [5.41, 5.74) is 3.44. The largest absolute Gasteiger partial charge is 0.416 e. The fraction of sp³-hybridized carbons (Fsp3) is 0.880. The first-order valence-corrected chi connectivity index (χ1v) is 14.0. The number of hydrogen-bond acceptors (Lipinski definition) is 2. The van der Waals surface area contributed by atoms with Crippen LogP contribution in [0.25, 0.3) is 0 Å². The first-order valence-electron chi connectivity index (χ1n) is 11.8. The Labute approximate surface area is 177 Å². The highest BCUT2D eigenvalue weighted by molar-refractivity contribution is 6.77. The van der Waals surface area contributed by atoms with Crippen molar-refractivity contribution in [1.29, 1.82) is 0 Å². The molecule has 0 heterocycles. The number of carbonyl (C=O) groups excluding carboxylic acids is 1. The van der Waals surface area contributed by atoms with Crippen LogP contribution in [0.15, 0.2) is 11.6 Å². The maximum Gasteiger partial charge on any atom is 0.200 e. The van der Waals surface area contributed by atoms with Gasteiger partial charge < -0.3 is 4.43 Å². The maximum absolute atomic E-state index is 11.9. The van der Waals surface area contributed by atoms with Crippen LogP contribution in [0.1, 0.15) is 101 Å². The van der Waals surface area contributed by atoms with E-state index in [1.165, 1.54) is 12.0 Å². The van der Waals surface area contributed by atoms with Crippen molar-refractivity contribution in [3.63, 3.8) is 0 Å².